The first-order valence-electron chi connectivity index (χ1n) is 1.38. The van der Waals surface area contributed by atoms with E-state index in [1.54, 1.807) is 6.20 Å². The van der Waals surface area contributed by atoms with E-state index in [4.69, 9.17) is 5.21 Å². The summed E-state index contributed by atoms with van der Waals surface area (Å²) in [6.45, 7) is 0. The van der Waals surface area contributed by atoms with Gasteiger partial charge in [0.25, 0.3) is 0 Å². The summed E-state index contributed by atoms with van der Waals surface area (Å²) in [5.74, 6) is 0. The number of hydrogen-bond acceptors (Lipinski definition) is 4. The topological polar surface area (TPSA) is 23.5 Å². The van der Waals surface area contributed by atoms with Gasteiger partial charge in [-0.05, 0) is 10.8 Å². The van der Waals surface area contributed by atoms with Gasteiger partial charge in [0.15, 0.2) is 0 Å². The SMILES string of the molecule is ON1C=CSS1. The van der Waals surface area contributed by atoms with Gasteiger partial charge in [-0.15, -0.1) is 0 Å². The summed E-state index contributed by atoms with van der Waals surface area (Å²) in [5, 5.41) is 10.2. The van der Waals surface area contributed by atoms with Gasteiger partial charge in [-0.25, -0.2) is 0 Å². The van der Waals surface area contributed by atoms with Crippen LogP contribution in [0.3, 0.4) is 0 Å². The van der Waals surface area contributed by atoms with Crippen molar-refractivity contribution in [2.75, 3.05) is 0 Å². The average Bonchev–Trinajstić information content (AvgIpc) is 1.86. The van der Waals surface area contributed by atoms with Crippen LogP contribution < -0.4 is 0 Å². The molecule has 1 aliphatic rings. The van der Waals surface area contributed by atoms with E-state index >= 15 is 0 Å². The Morgan fingerprint density at radius 3 is 2.67 bits per heavy atom. The molecule has 0 unspecified atom stereocenters. The summed E-state index contributed by atoms with van der Waals surface area (Å²) < 4.78 is 1.06. The van der Waals surface area contributed by atoms with Crippen LogP contribution in [0.1, 0.15) is 0 Å². The van der Waals surface area contributed by atoms with Crippen molar-refractivity contribution in [1.82, 2.24) is 4.47 Å². The van der Waals surface area contributed by atoms with Crippen molar-refractivity contribution in [3.63, 3.8) is 0 Å². The lowest BCUT2D eigenvalue weighted by molar-refractivity contribution is 0.0723. The number of hydroxylamine groups is 1. The van der Waals surface area contributed by atoms with E-state index in [0.717, 1.165) is 4.47 Å². The Kier molecular flexibility index (Phi) is 1.29. The molecule has 0 aromatic carbocycles. The predicted molar refractivity (Wildman–Crippen MR) is 27.9 cm³/mol. The first-order chi connectivity index (χ1) is 2.89. The number of rotatable bonds is 0. The smallest absolute Gasteiger partial charge is 0.0534 e. The molecule has 34 valence electrons. The van der Waals surface area contributed by atoms with Gasteiger partial charge in [-0.2, -0.15) is 4.47 Å². The highest BCUT2D eigenvalue weighted by molar-refractivity contribution is 8.77. The number of hydrogen-bond donors (Lipinski definition) is 1. The summed E-state index contributed by atoms with van der Waals surface area (Å²) in [7, 11) is 2.79. The van der Waals surface area contributed by atoms with Gasteiger partial charge in [0, 0.05) is 11.6 Å². The lowest BCUT2D eigenvalue weighted by Gasteiger charge is -1.96. The van der Waals surface area contributed by atoms with Crippen molar-refractivity contribution in [3.05, 3.63) is 11.6 Å². The van der Waals surface area contributed by atoms with Crippen LogP contribution in [0.5, 0.6) is 0 Å². The highest BCUT2D eigenvalue weighted by Crippen LogP contribution is 2.31. The van der Waals surface area contributed by atoms with E-state index in [1.807, 2.05) is 5.41 Å². The molecule has 0 atom stereocenters. The third kappa shape index (κ3) is 0.830. The Balaban J connectivity index is 2.38. The standard InChI is InChI=1S/C2H3NOS2/c4-3-1-2-5-6-3/h1-2,4H. The second-order valence-electron chi connectivity index (χ2n) is 0.758. The van der Waals surface area contributed by atoms with Gasteiger partial charge >= 0.3 is 0 Å². The molecule has 0 aromatic heterocycles. The Labute approximate surface area is 43.7 Å². The van der Waals surface area contributed by atoms with Crippen molar-refractivity contribution in [1.29, 1.82) is 0 Å². The first-order valence-corrected chi connectivity index (χ1v) is 3.55. The molecule has 0 saturated heterocycles. The Bertz CT molecular complexity index is 73.9. The largest absolute Gasteiger partial charge is 0.277 e. The molecule has 0 saturated carbocycles. The molecule has 4 heteroatoms. The van der Waals surface area contributed by atoms with Crippen LogP contribution in [0, 0.1) is 0 Å². The van der Waals surface area contributed by atoms with Gasteiger partial charge in [-0.1, -0.05) is 0 Å². The zero-order valence-corrected chi connectivity index (χ0v) is 4.50. The molecular weight excluding hydrogens is 118 g/mol. The second-order valence-corrected chi connectivity index (χ2v) is 2.77. The fourth-order valence-corrected chi connectivity index (χ4v) is 1.37. The third-order valence-electron chi connectivity index (χ3n) is 0.363. The monoisotopic (exact) mass is 121 g/mol. The lowest BCUT2D eigenvalue weighted by Crippen LogP contribution is -1.90. The quantitative estimate of drug-likeness (QED) is 0.387. The minimum Gasteiger partial charge on any atom is -0.277 e. The van der Waals surface area contributed by atoms with Crippen LogP contribution in [0.25, 0.3) is 0 Å². The molecule has 0 fully saturated rings. The molecule has 1 heterocycles. The minimum absolute atomic E-state index is 1.06. The predicted octanol–water partition coefficient (Wildman–Crippen LogP) is 1.46. The van der Waals surface area contributed by atoms with Crippen molar-refractivity contribution in [2.45, 2.75) is 0 Å². The highest BCUT2D eigenvalue weighted by Gasteiger charge is 1.97. The summed E-state index contributed by atoms with van der Waals surface area (Å²) in [4.78, 5) is 0. The second kappa shape index (κ2) is 1.77. The maximum atomic E-state index is 8.42. The van der Waals surface area contributed by atoms with Crippen LogP contribution in [0.4, 0.5) is 0 Å². The minimum atomic E-state index is 1.06. The van der Waals surface area contributed by atoms with Crippen molar-refractivity contribution < 1.29 is 5.21 Å². The van der Waals surface area contributed by atoms with Crippen LogP contribution in [0.2, 0.25) is 0 Å². The number of nitrogens with zero attached hydrogens (tertiary/aromatic N) is 1. The lowest BCUT2D eigenvalue weighted by atomic mass is 11.1. The van der Waals surface area contributed by atoms with E-state index in [2.05, 4.69) is 0 Å². The zero-order chi connectivity index (χ0) is 4.41. The fourth-order valence-electron chi connectivity index (χ4n) is 0.171. The van der Waals surface area contributed by atoms with Gasteiger partial charge in [0.05, 0.1) is 11.0 Å². The Hall–Kier alpha value is 0.200. The van der Waals surface area contributed by atoms with Crippen LogP contribution in [-0.4, -0.2) is 9.68 Å². The summed E-state index contributed by atoms with van der Waals surface area (Å²) in [6, 6.07) is 0. The molecule has 6 heavy (non-hydrogen) atoms. The average molecular weight is 121 g/mol. The molecular formula is C2H3NOS2. The maximum absolute atomic E-state index is 8.42. The molecule has 2 nitrogen and oxygen atoms in total. The van der Waals surface area contributed by atoms with Crippen molar-refractivity contribution in [3.8, 4) is 0 Å². The molecule has 1 rings (SSSR count). The maximum Gasteiger partial charge on any atom is 0.0534 e. The molecule has 0 spiro atoms. The molecule has 1 N–H and O–H groups in total. The van der Waals surface area contributed by atoms with Crippen molar-refractivity contribution >= 4 is 21.8 Å². The van der Waals surface area contributed by atoms with Gasteiger partial charge in [0.1, 0.15) is 0 Å². The van der Waals surface area contributed by atoms with Gasteiger partial charge in [0.2, 0.25) is 0 Å². The molecule has 0 aliphatic carbocycles. The fraction of sp³-hybridized carbons (Fsp3) is 0. The Morgan fingerprint density at radius 1 is 1.67 bits per heavy atom. The van der Waals surface area contributed by atoms with E-state index < -0.39 is 0 Å². The first kappa shape index (κ1) is 4.36. The van der Waals surface area contributed by atoms with Crippen LogP contribution >= 0.6 is 21.8 Å². The molecule has 0 bridgehead atoms. The molecule has 0 amide bonds. The van der Waals surface area contributed by atoms with E-state index in [-0.39, 0.29) is 0 Å². The normalized spacial score (nSPS) is 19.8. The van der Waals surface area contributed by atoms with Crippen molar-refractivity contribution in [2.24, 2.45) is 0 Å². The summed E-state index contributed by atoms with van der Waals surface area (Å²) >= 11 is 0. The third-order valence-corrected chi connectivity index (χ3v) is 2.01. The van der Waals surface area contributed by atoms with Crippen LogP contribution in [0.15, 0.2) is 11.6 Å². The summed E-state index contributed by atoms with van der Waals surface area (Å²) in [6.07, 6.45) is 1.59. The Morgan fingerprint density at radius 2 is 2.50 bits per heavy atom. The van der Waals surface area contributed by atoms with Gasteiger partial charge < -0.3 is 0 Å². The highest BCUT2D eigenvalue weighted by atomic mass is 33.1. The zero-order valence-electron chi connectivity index (χ0n) is 2.87. The summed E-state index contributed by atoms with van der Waals surface area (Å²) in [5.41, 5.74) is 0. The van der Waals surface area contributed by atoms with E-state index in [1.165, 1.54) is 21.8 Å². The molecule has 1 aliphatic heterocycles. The molecule has 0 aromatic rings. The molecule has 0 radical (unpaired) electrons. The van der Waals surface area contributed by atoms with E-state index in [9.17, 15) is 0 Å². The van der Waals surface area contributed by atoms with Gasteiger partial charge in [-0.3, -0.25) is 5.21 Å². The van der Waals surface area contributed by atoms with Crippen LogP contribution in [-0.2, 0) is 0 Å². The van der Waals surface area contributed by atoms with E-state index in [0.29, 0.717) is 0 Å².